The maximum Gasteiger partial charge on any atom is 0.269 e. The van der Waals surface area contributed by atoms with Crippen molar-refractivity contribution in [1.29, 1.82) is 0 Å². The average Bonchev–Trinajstić information content (AvgIpc) is 2.80. The smallest absolute Gasteiger partial charge is 0.269 e. The zero-order chi connectivity index (χ0) is 23.5. The Morgan fingerprint density at radius 1 is 1.18 bits per heavy atom. The third kappa shape index (κ3) is 4.86. The molecule has 0 saturated heterocycles. The molecule has 1 amide bonds. The van der Waals surface area contributed by atoms with Crippen molar-refractivity contribution in [3.8, 4) is 11.4 Å². The van der Waals surface area contributed by atoms with Crippen molar-refractivity contribution < 1.29 is 13.9 Å². The minimum atomic E-state index is -0.591. The number of fused-ring (bicyclic) bond motifs is 1. The van der Waals surface area contributed by atoms with Crippen LogP contribution in [0.3, 0.4) is 0 Å². The van der Waals surface area contributed by atoms with Crippen molar-refractivity contribution >= 4 is 45.9 Å². The van der Waals surface area contributed by atoms with Gasteiger partial charge in [-0.3, -0.25) is 14.2 Å². The average molecular weight is 484 g/mol. The Hall–Kier alpha value is -3.36. The van der Waals surface area contributed by atoms with Gasteiger partial charge in [0.2, 0.25) is 5.91 Å². The number of ether oxygens (including phenoxy) is 1. The summed E-state index contributed by atoms with van der Waals surface area (Å²) in [4.78, 5) is 30.7. The number of anilines is 1. The quantitative estimate of drug-likeness (QED) is 0.380. The maximum atomic E-state index is 13.8. The van der Waals surface area contributed by atoms with E-state index in [0.29, 0.717) is 28.2 Å². The van der Waals surface area contributed by atoms with Crippen LogP contribution in [0.5, 0.6) is 5.75 Å². The van der Waals surface area contributed by atoms with Gasteiger partial charge >= 0.3 is 0 Å². The topological polar surface area (TPSA) is 73.2 Å². The van der Waals surface area contributed by atoms with Gasteiger partial charge in [-0.05, 0) is 61.5 Å². The Kier molecular flexibility index (Phi) is 6.67. The third-order valence-corrected chi connectivity index (χ3v) is 6.16. The molecule has 0 aliphatic rings. The van der Waals surface area contributed by atoms with Gasteiger partial charge in [-0.25, -0.2) is 9.37 Å². The highest BCUT2D eigenvalue weighted by atomic mass is 35.5. The predicted octanol–water partition coefficient (Wildman–Crippen LogP) is 5.23. The first-order chi connectivity index (χ1) is 15.9. The molecule has 0 bridgehead atoms. The van der Waals surface area contributed by atoms with Crippen LogP contribution >= 0.6 is 23.4 Å². The summed E-state index contributed by atoms with van der Waals surface area (Å²) in [6.45, 7) is 1.77. The van der Waals surface area contributed by atoms with E-state index < -0.39 is 5.82 Å². The van der Waals surface area contributed by atoms with Gasteiger partial charge in [-0.2, -0.15) is 0 Å². The van der Waals surface area contributed by atoms with E-state index in [1.54, 1.807) is 37.3 Å². The molecular formula is C24H19ClFN3O3S. The Bertz CT molecular complexity index is 1410. The standard InChI is InChI=1S/C24H19ClFN3O3S/c1-14-27-20-4-3-5-21(32-2)23(20)24(31)29(14)16-7-9-17(10-8-16)33-13-22(30)28-19-11-6-15(25)12-18(19)26/h3-12H,13H2,1-2H3,(H,28,30). The van der Waals surface area contributed by atoms with E-state index in [9.17, 15) is 14.0 Å². The van der Waals surface area contributed by atoms with Gasteiger partial charge in [-0.1, -0.05) is 17.7 Å². The molecule has 1 aromatic heterocycles. The van der Waals surface area contributed by atoms with Gasteiger partial charge in [0, 0.05) is 9.92 Å². The molecule has 168 valence electrons. The first-order valence-corrected chi connectivity index (χ1v) is 11.3. The van der Waals surface area contributed by atoms with Gasteiger partial charge in [0.05, 0.1) is 29.8 Å². The second kappa shape index (κ2) is 9.64. The third-order valence-electron chi connectivity index (χ3n) is 4.92. The minimum Gasteiger partial charge on any atom is -0.496 e. The van der Waals surface area contributed by atoms with Crippen molar-refractivity contribution in [3.63, 3.8) is 0 Å². The molecule has 33 heavy (non-hydrogen) atoms. The Morgan fingerprint density at radius 3 is 2.64 bits per heavy atom. The number of hydrogen-bond donors (Lipinski definition) is 1. The molecule has 0 fully saturated rings. The number of hydrogen-bond acceptors (Lipinski definition) is 5. The number of halogens is 2. The number of aromatic nitrogens is 2. The van der Waals surface area contributed by atoms with Crippen molar-refractivity contribution in [3.05, 3.63) is 87.7 Å². The van der Waals surface area contributed by atoms with Crippen molar-refractivity contribution in [1.82, 2.24) is 9.55 Å². The fraction of sp³-hybridized carbons (Fsp3) is 0.125. The minimum absolute atomic E-state index is 0.0782. The summed E-state index contributed by atoms with van der Waals surface area (Å²) in [6, 6.07) is 16.6. The molecule has 1 N–H and O–H groups in total. The fourth-order valence-corrected chi connectivity index (χ4v) is 4.26. The van der Waals surface area contributed by atoms with E-state index in [2.05, 4.69) is 10.3 Å². The maximum absolute atomic E-state index is 13.8. The summed E-state index contributed by atoms with van der Waals surface area (Å²) in [5.41, 5.74) is 1.08. The molecule has 1 heterocycles. The fourth-order valence-electron chi connectivity index (χ4n) is 3.40. The highest BCUT2D eigenvalue weighted by molar-refractivity contribution is 8.00. The number of benzene rings is 3. The summed E-state index contributed by atoms with van der Waals surface area (Å²) in [5.74, 6) is 0.171. The molecule has 4 rings (SSSR count). The SMILES string of the molecule is COc1cccc2nc(C)n(-c3ccc(SCC(=O)Nc4ccc(Cl)cc4F)cc3)c(=O)c12. The lowest BCUT2D eigenvalue weighted by molar-refractivity contribution is -0.113. The first-order valence-electron chi connectivity index (χ1n) is 9.92. The normalized spacial score (nSPS) is 10.9. The summed E-state index contributed by atoms with van der Waals surface area (Å²) in [6.07, 6.45) is 0. The number of methoxy groups -OCH3 is 1. The largest absolute Gasteiger partial charge is 0.496 e. The van der Waals surface area contributed by atoms with Gasteiger partial charge in [-0.15, -0.1) is 11.8 Å². The molecule has 3 aromatic carbocycles. The molecule has 0 spiro atoms. The zero-order valence-electron chi connectivity index (χ0n) is 17.8. The highest BCUT2D eigenvalue weighted by Crippen LogP contribution is 2.24. The van der Waals surface area contributed by atoms with Crippen molar-refractivity contribution in [2.45, 2.75) is 11.8 Å². The lowest BCUT2D eigenvalue weighted by Crippen LogP contribution is -2.22. The van der Waals surface area contributed by atoms with Crippen LogP contribution in [0.1, 0.15) is 5.82 Å². The highest BCUT2D eigenvalue weighted by Gasteiger charge is 2.14. The van der Waals surface area contributed by atoms with Crippen LogP contribution in [0.4, 0.5) is 10.1 Å². The van der Waals surface area contributed by atoms with E-state index in [1.807, 2.05) is 12.1 Å². The van der Waals surface area contributed by atoms with Gasteiger partial charge in [0.1, 0.15) is 22.8 Å². The molecule has 6 nitrogen and oxygen atoms in total. The Balaban J connectivity index is 1.51. The van der Waals surface area contributed by atoms with Gasteiger partial charge < -0.3 is 10.1 Å². The van der Waals surface area contributed by atoms with Crippen LogP contribution in [0.2, 0.25) is 5.02 Å². The number of carbonyl (C=O) groups is 1. The summed E-state index contributed by atoms with van der Waals surface area (Å²) < 4.78 is 20.7. The Labute approximate surface area is 198 Å². The molecular weight excluding hydrogens is 465 g/mol. The number of aryl methyl sites for hydroxylation is 1. The number of carbonyl (C=O) groups excluding carboxylic acids is 1. The van der Waals surface area contributed by atoms with Crippen molar-refractivity contribution in [2.24, 2.45) is 0 Å². The molecule has 0 radical (unpaired) electrons. The monoisotopic (exact) mass is 483 g/mol. The number of nitrogens with one attached hydrogen (secondary N) is 1. The lowest BCUT2D eigenvalue weighted by atomic mass is 10.2. The number of rotatable bonds is 6. The molecule has 9 heteroatoms. The second-order valence-corrected chi connectivity index (χ2v) is 8.59. The zero-order valence-corrected chi connectivity index (χ0v) is 19.3. The molecule has 4 aromatic rings. The number of nitrogens with zero attached hydrogens (tertiary/aromatic N) is 2. The lowest BCUT2D eigenvalue weighted by Gasteiger charge is -2.13. The van der Waals surface area contributed by atoms with Crippen LogP contribution in [0, 0.1) is 12.7 Å². The van der Waals surface area contributed by atoms with Crippen LogP contribution in [0.25, 0.3) is 16.6 Å². The molecule has 0 atom stereocenters. The van der Waals surface area contributed by atoms with E-state index >= 15 is 0 Å². The van der Waals surface area contributed by atoms with Crippen molar-refractivity contribution in [2.75, 3.05) is 18.2 Å². The van der Waals surface area contributed by atoms with Crippen LogP contribution in [-0.4, -0.2) is 28.3 Å². The molecule has 0 unspecified atom stereocenters. The number of amides is 1. The van der Waals surface area contributed by atoms with Crippen LogP contribution in [0.15, 0.2) is 70.4 Å². The molecule has 0 aliphatic heterocycles. The van der Waals surface area contributed by atoms with E-state index in [4.69, 9.17) is 16.3 Å². The summed E-state index contributed by atoms with van der Waals surface area (Å²) in [5, 5.41) is 3.20. The van der Waals surface area contributed by atoms with Gasteiger partial charge in [0.25, 0.3) is 5.56 Å². The van der Waals surface area contributed by atoms with E-state index in [0.717, 1.165) is 11.0 Å². The summed E-state index contributed by atoms with van der Waals surface area (Å²) in [7, 11) is 1.52. The second-order valence-electron chi connectivity index (χ2n) is 7.11. The predicted molar refractivity (Wildman–Crippen MR) is 129 cm³/mol. The molecule has 0 aliphatic carbocycles. The first kappa shape index (κ1) is 22.8. The number of thioether (sulfide) groups is 1. The van der Waals surface area contributed by atoms with Gasteiger partial charge in [0.15, 0.2) is 0 Å². The van der Waals surface area contributed by atoms with E-state index in [-0.39, 0.29) is 27.9 Å². The van der Waals surface area contributed by atoms with Crippen LogP contribution < -0.4 is 15.6 Å². The Morgan fingerprint density at radius 2 is 1.94 bits per heavy atom. The van der Waals surface area contributed by atoms with E-state index in [1.165, 1.54) is 35.6 Å². The van der Waals surface area contributed by atoms with Crippen LogP contribution in [-0.2, 0) is 4.79 Å². The summed E-state index contributed by atoms with van der Waals surface area (Å²) >= 11 is 7.02. The molecule has 0 saturated carbocycles.